The summed E-state index contributed by atoms with van der Waals surface area (Å²) < 4.78 is 6.60. The fourth-order valence-corrected chi connectivity index (χ4v) is 3.40. The van der Waals surface area contributed by atoms with Crippen molar-refractivity contribution < 1.29 is 9.53 Å². The molecule has 21 heavy (non-hydrogen) atoms. The number of benzene rings is 1. The predicted molar refractivity (Wildman–Crippen MR) is 95.3 cm³/mol. The average molecular weight is 398 g/mol. The fraction of sp³-hybridized carbons (Fsp3) is 0.500. The largest absolute Gasteiger partial charge is 0.494 e. The van der Waals surface area contributed by atoms with Crippen LogP contribution in [0.4, 0.5) is 0 Å². The number of halogens is 1. The van der Waals surface area contributed by atoms with Gasteiger partial charge in [-0.25, -0.2) is 0 Å². The van der Waals surface area contributed by atoms with Crippen molar-refractivity contribution in [1.82, 2.24) is 0 Å². The second-order valence-electron chi connectivity index (χ2n) is 5.53. The number of hydrogen-bond acceptors (Lipinski definition) is 2. The lowest BCUT2D eigenvalue weighted by atomic mass is 10.1. The molecule has 0 saturated heterocycles. The van der Waals surface area contributed by atoms with E-state index in [2.05, 4.69) is 29.5 Å². The quantitative estimate of drug-likeness (QED) is 0.255. The van der Waals surface area contributed by atoms with Gasteiger partial charge in [-0.15, -0.1) is 0 Å². The molecule has 1 aromatic carbocycles. The van der Waals surface area contributed by atoms with Gasteiger partial charge >= 0.3 is 0 Å². The van der Waals surface area contributed by atoms with E-state index in [-0.39, 0.29) is 5.78 Å². The van der Waals surface area contributed by atoms with Crippen molar-refractivity contribution in [2.75, 3.05) is 6.61 Å². The third-order valence-corrected chi connectivity index (χ3v) is 5.10. The van der Waals surface area contributed by atoms with Gasteiger partial charge in [0, 0.05) is 5.56 Å². The molecule has 1 fully saturated rings. The standard InChI is InChI=1S/C18H23IO2/c1-2-3-6-13-21-16-11-9-15(10-12-16)18(20)17(19)14-7-4-5-8-14/h9-12H,2-8,13H2,1H3. The summed E-state index contributed by atoms with van der Waals surface area (Å²) in [5.74, 6) is 1.01. The molecule has 0 radical (unpaired) electrons. The Morgan fingerprint density at radius 3 is 2.43 bits per heavy atom. The van der Waals surface area contributed by atoms with Gasteiger partial charge in [0.15, 0.2) is 5.78 Å². The number of carbonyl (C=O) groups is 1. The zero-order chi connectivity index (χ0) is 15.1. The SMILES string of the molecule is CCCCCOc1ccc(C(=O)C(I)=C2CCCC2)cc1. The van der Waals surface area contributed by atoms with Crippen LogP contribution < -0.4 is 4.74 Å². The summed E-state index contributed by atoms with van der Waals surface area (Å²) in [7, 11) is 0. The van der Waals surface area contributed by atoms with Gasteiger partial charge in [-0.1, -0.05) is 25.3 Å². The molecule has 2 rings (SSSR count). The van der Waals surface area contributed by atoms with Crippen LogP contribution in [0.2, 0.25) is 0 Å². The van der Waals surface area contributed by atoms with Crippen molar-refractivity contribution in [3.05, 3.63) is 39.0 Å². The van der Waals surface area contributed by atoms with Gasteiger partial charge in [-0.05, 0) is 79.0 Å². The Labute approximate surface area is 141 Å². The van der Waals surface area contributed by atoms with Gasteiger partial charge in [0.05, 0.1) is 10.2 Å². The molecule has 2 nitrogen and oxygen atoms in total. The number of ketones is 1. The second-order valence-corrected chi connectivity index (χ2v) is 6.61. The van der Waals surface area contributed by atoms with Crippen molar-refractivity contribution >= 4 is 28.4 Å². The van der Waals surface area contributed by atoms with Crippen LogP contribution in [0.15, 0.2) is 33.4 Å². The zero-order valence-electron chi connectivity index (χ0n) is 12.7. The maximum absolute atomic E-state index is 12.4. The van der Waals surface area contributed by atoms with E-state index in [4.69, 9.17) is 4.74 Å². The number of ether oxygens (including phenoxy) is 1. The Hall–Kier alpha value is -0.840. The molecule has 0 bridgehead atoms. The highest BCUT2D eigenvalue weighted by molar-refractivity contribution is 14.1. The minimum atomic E-state index is 0.157. The van der Waals surface area contributed by atoms with Gasteiger partial charge < -0.3 is 4.74 Å². The molecule has 1 aliphatic carbocycles. The Bertz CT molecular complexity index is 494. The first-order valence-corrected chi connectivity index (χ1v) is 8.95. The van der Waals surface area contributed by atoms with Crippen LogP contribution in [0, 0.1) is 0 Å². The molecule has 0 aliphatic heterocycles. The molecule has 0 aromatic heterocycles. The van der Waals surface area contributed by atoms with E-state index < -0.39 is 0 Å². The summed E-state index contributed by atoms with van der Waals surface area (Å²) in [5.41, 5.74) is 2.10. The molecule has 0 spiro atoms. The van der Waals surface area contributed by atoms with Crippen molar-refractivity contribution in [2.45, 2.75) is 51.9 Å². The Kier molecular flexibility index (Phi) is 6.74. The second kappa shape index (κ2) is 8.57. The van der Waals surface area contributed by atoms with Crippen LogP contribution in [0.3, 0.4) is 0 Å². The molecule has 0 heterocycles. The zero-order valence-corrected chi connectivity index (χ0v) is 14.8. The lowest BCUT2D eigenvalue weighted by Gasteiger charge is -2.07. The first kappa shape index (κ1) is 16.5. The minimum absolute atomic E-state index is 0.157. The monoisotopic (exact) mass is 398 g/mol. The van der Waals surface area contributed by atoms with Crippen LogP contribution in [0.25, 0.3) is 0 Å². The van der Waals surface area contributed by atoms with Gasteiger partial charge in [0.1, 0.15) is 5.75 Å². The summed E-state index contributed by atoms with van der Waals surface area (Å²) in [6.45, 7) is 2.93. The first-order valence-electron chi connectivity index (χ1n) is 7.87. The Morgan fingerprint density at radius 2 is 1.81 bits per heavy atom. The third kappa shape index (κ3) is 4.83. The Balaban J connectivity index is 1.95. The molecule has 0 amide bonds. The van der Waals surface area contributed by atoms with Crippen molar-refractivity contribution in [3.8, 4) is 5.75 Å². The molecular weight excluding hydrogens is 375 g/mol. The van der Waals surface area contributed by atoms with Crippen LogP contribution in [0.5, 0.6) is 5.75 Å². The lowest BCUT2D eigenvalue weighted by Crippen LogP contribution is -2.02. The highest BCUT2D eigenvalue weighted by Gasteiger charge is 2.17. The fourth-order valence-electron chi connectivity index (χ4n) is 2.55. The van der Waals surface area contributed by atoms with E-state index in [1.165, 1.54) is 31.3 Å². The normalized spacial score (nSPS) is 14.3. The number of carbonyl (C=O) groups excluding carboxylic acids is 1. The first-order chi connectivity index (χ1) is 10.2. The summed E-state index contributed by atoms with van der Waals surface area (Å²) in [5, 5.41) is 0. The van der Waals surface area contributed by atoms with E-state index in [1.807, 2.05) is 24.3 Å². The van der Waals surface area contributed by atoms with Crippen molar-refractivity contribution in [2.24, 2.45) is 0 Å². The van der Waals surface area contributed by atoms with Gasteiger partial charge in [0.25, 0.3) is 0 Å². The predicted octanol–water partition coefficient (Wildman–Crippen LogP) is 5.70. The summed E-state index contributed by atoms with van der Waals surface area (Å²) in [6, 6.07) is 7.57. The smallest absolute Gasteiger partial charge is 0.199 e. The maximum Gasteiger partial charge on any atom is 0.199 e. The van der Waals surface area contributed by atoms with Gasteiger partial charge in [0.2, 0.25) is 0 Å². The molecule has 0 unspecified atom stereocenters. The van der Waals surface area contributed by atoms with Crippen LogP contribution >= 0.6 is 22.6 Å². The molecule has 0 N–H and O–H groups in total. The lowest BCUT2D eigenvalue weighted by molar-refractivity contribution is 0.104. The minimum Gasteiger partial charge on any atom is -0.494 e. The van der Waals surface area contributed by atoms with E-state index in [1.54, 1.807) is 0 Å². The number of hydrogen-bond donors (Lipinski definition) is 0. The van der Waals surface area contributed by atoms with E-state index in [0.717, 1.165) is 40.8 Å². The molecule has 3 heteroatoms. The van der Waals surface area contributed by atoms with E-state index in [0.29, 0.717) is 0 Å². The number of Topliss-reactive ketones (excluding diaryl/α,β-unsaturated/α-hetero) is 1. The third-order valence-electron chi connectivity index (χ3n) is 3.85. The van der Waals surface area contributed by atoms with Crippen LogP contribution in [0.1, 0.15) is 62.2 Å². The summed E-state index contributed by atoms with van der Waals surface area (Å²) >= 11 is 2.21. The van der Waals surface area contributed by atoms with Crippen molar-refractivity contribution in [3.63, 3.8) is 0 Å². The molecule has 1 aliphatic rings. The molecule has 0 atom stereocenters. The average Bonchev–Trinajstić information content (AvgIpc) is 3.05. The van der Waals surface area contributed by atoms with E-state index in [9.17, 15) is 4.79 Å². The van der Waals surface area contributed by atoms with E-state index >= 15 is 0 Å². The van der Waals surface area contributed by atoms with Crippen LogP contribution in [-0.2, 0) is 0 Å². The topological polar surface area (TPSA) is 26.3 Å². The maximum atomic E-state index is 12.4. The highest BCUT2D eigenvalue weighted by Crippen LogP contribution is 2.31. The van der Waals surface area contributed by atoms with Gasteiger partial charge in [-0.3, -0.25) is 4.79 Å². The molecule has 1 saturated carbocycles. The molecular formula is C18H23IO2. The van der Waals surface area contributed by atoms with Gasteiger partial charge in [-0.2, -0.15) is 0 Å². The number of allylic oxidation sites excluding steroid dienone is 2. The molecule has 1 aromatic rings. The van der Waals surface area contributed by atoms with Crippen molar-refractivity contribution in [1.29, 1.82) is 0 Å². The number of rotatable bonds is 7. The summed E-state index contributed by atoms with van der Waals surface area (Å²) in [6.07, 6.45) is 8.10. The molecule has 114 valence electrons. The highest BCUT2D eigenvalue weighted by atomic mass is 127. The number of unbranched alkanes of at least 4 members (excludes halogenated alkanes) is 2. The summed E-state index contributed by atoms with van der Waals surface area (Å²) in [4.78, 5) is 12.4. The Morgan fingerprint density at radius 1 is 1.14 bits per heavy atom. The van der Waals surface area contributed by atoms with Crippen LogP contribution in [-0.4, -0.2) is 12.4 Å².